The van der Waals surface area contributed by atoms with Crippen molar-refractivity contribution in [2.45, 2.75) is 57.1 Å². The van der Waals surface area contributed by atoms with E-state index in [9.17, 15) is 14.7 Å². The molecule has 1 aliphatic heterocycles. The topological polar surface area (TPSA) is 57.6 Å². The fraction of sp³-hybridized carbons (Fsp3) is 0.440. The molecule has 5 heteroatoms. The van der Waals surface area contributed by atoms with Gasteiger partial charge in [0.2, 0.25) is 5.91 Å². The highest BCUT2D eigenvalue weighted by Crippen LogP contribution is 2.35. The molecular formula is C25H28ClNO3. The molecule has 1 N–H and O–H groups in total. The first kappa shape index (κ1) is 21.1. The van der Waals surface area contributed by atoms with E-state index in [1.165, 1.54) is 0 Å². The quantitative estimate of drug-likeness (QED) is 0.693. The van der Waals surface area contributed by atoms with Gasteiger partial charge in [0.25, 0.3) is 0 Å². The molecule has 0 radical (unpaired) electrons. The van der Waals surface area contributed by atoms with Crippen LogP contribution in [-0.4, -0.2) is 40.4 Å². The summed E-state index contributed by atoms with van der Waals surface area (Å²) < 4.78 is 0. The summed E-state index contributed by atoms with van der Waals surface area (Å²) >= 11 is 6.57. The Hall–Kier alpha value is -2.17. The maximum Gasteiger partial charge on any atom is 0.226 e. The third kappa shape index (κ3) is 4.45. The van der Waals surface area contributed by atoms with Crippen LogP contribution in [0.25, 0.3) is 11.1 Å². The molecule has 0 bridgehead atoms. The van der Waals surface area contributed by atoms with Crippen LogP contribution in [0, 0.1) is 5.92 Å². The fourth-order valence-electron chi connectivity index (χ4n) is 4.76. The Kier molecular flexibility index (Phi) is 5.99. The van der Waals surface area contributed by atoms with Gasteiger partial charge in [0.15, 0.2) is 0 Å². The number of benzene rings is 2. The molecule has 1 atom stereocenters. The Morgan fingerprint density at radius 3 is 2.40 bits per heavy atom. The number of aldehydes is 1. The van der Waals surface area contributed by atoms with Gasteiger partial charge in [-0.15, -0.1) is 0 Å². The number of amides is 1. The van der Waals surface area contributed by atoms with Crippen molar-refractivity contribution in [3.05, 3.63) is 58.6 Å². The molecule has 0 spiro atoms. The normalized spacial score (nSPS) is 26.8. The monoisotopic (exact) mass is 425 g/mol. The molecular weight excluding hydrogens is 398 g/mol. The zero-order valence-electron chi connectivity index (χ0n) is 17.3. The zero-order chi connectivity index (χ0) is 21.3. The lowest BCUT2D eigenvalue weighted by Crippen LogP contribution is -2.43. The number of hydrogen-bond donors (Lipinski definition) is 1. The number of aliphatic hydroxyl groups is 1. The van der Waals surface area contributed by atoms with E-state index in [1.54, 1.807) is 12.1 Å². The van der Waals surface area contributed by atoms with E-state index in [0.29, 0.717) is 17.0 Å². The summed E-state index contributed by atoms with van der Waals surface area (Å²) in [5.41, 5.74) is 3.06. The van der Waals surface area contributed by atoms with E-state index in [2.05, 4.69) is 0 Å². The highest BCUT2D eigenvalue weighted by molar-refractivity contribution is 6.31. The van der Waals surface area contributed by atoms with Crippen LogP contribution < -0.4 is 0 Å². The number of rotatable bonds is 5. The predicted molar refractivity (Wildman–Crippen MR) is 119 cm³/mol. The second-order valence-electron chi connectivity index (χ2n) is 9.00. The molecule has 1 saturated carbocycles. The predicted octanol–water partition coefficient (Wildman–Crippen LogP) is 4.90. The molecule has 0 aromatic heterocycles. The van der Waals surface area contributed by atoms with Gasteiger partial charge in [-0.3, -0.25) is 9.59 Å². The van der Waals surface area contributed by atoms with Crippen molar-refractivity contribution in [3.63, 3.8) is 0 Å². The molecule has 1 heterocycles. The minimum Gasteiger partial charge on any atom is -0.390 e. The van der Waals surface area contributed by atoms with Crippen LogP contribution in [-0.2, 0) is 11.2 Å². The molecule has 2 fully saturated rings. The third-order valence-electron chi connectivity index (χ3n) is 6.72. The molecule has 1 amide bonds. The summed E-state index contributed by atoms with van der Waals surface area (Å²) in [5, 5.41) is 10.8. The van der Waals surface area contributed by atoms with Crippen LogP contribution in [0.5, 0.6) is 0 Å². The molecule has 30 heavy (non-hydrogen) atoms. The van der Waals surface area contributed by atoms with Crippen molar-refractivity contribution >= 4 is 23.8 Å². The van der Waals surface area contributed by atoms with Gasteiger partial charge in [-0.1, -0.05) is 48.0 Å². The number of carbonyl (C=O) groups excluding carboxylic acids is 2. The number of hydrogen-bond acceptors (Lipinski definition) is 3. The summed E-state index contributed by atoms with van der Waals surface area (Å²) in [5.74, 6) is 0.203. The van der Waals surface area contributed by atoms with Crippen molar-refractivity contribution in [1.82, 2.24) is 4.90 Å². The molecule has 158 valence electrons. The summed E-state index contributed by atoms with van der Waals surface area (Å²) in [4.78, 5) is 25.9. The van der Waals surface area contributed by atoms with E-state index in [-0.39, 0.29) is 17.9 Å². The van der Waals surface area contributed by atoms with Gasteiger partial charge < -0.3 is 10.0 Å². The molecule has 2 aromatic rings. The Morgan fingerprint density at radius 1 is 1.10 bits per heavy atom. The first-order valence-corrected chi connectivity index (χ1v) is 11.1. The van der Waals surface area contributed by atoms with Gasteiger partial charge in [-0.25, -0.2) is 0 Å². The van der Waals surface area contributed by atoms with Gasteiger partial charge in [0.1, 0.15) is 6.29 Å². The van der Waals surface area contributed by atoms with E-state index < -0.39 is 5.60 Å². The Morgan fingerprint density at radius 2 is 1.77 bits per heavy atom. The Labute approximate surface area is 182 Å². The van der Waals surface area contributed by atoms with E-state index in [4.69, 9.17) is 11.6 Å². The number of halogens is 1. The second kappa shape index (κ2) is 8.52. The van der Waals surface area contributed by atoms with Crippen molar-refractivity contribution in [1.29, 1.82) is 0 Å². The molecule has 2 aromatic carbocycles. The van der Waals surface area contributed by atoms with Crippen LogP contribution in [0.3, 0.4) is 0 Å². The Balaban J connectivity index is 1.42. The number of likely N-dealkylation sites (tertiary alicyclic amines) is 1. The average molecular weight is 426 g/mol. The van der Waals surface area contributed by atoms with E-state index in [0.717, 1.165) is 61.6 Å². The molecule has 1 unspecified atom stereocenters. The minimum absolute atomic E-state index is 0.0253. The largest absolute Gasteiger partial charge is 0.390 e. The van der Waals surface area contributed by atoms with Gasteiger partial charge in [0, 0.05) is 29.1 Å². The van der Waals surface area contributed by atoms with Gasteiger partial charge in [0.05, 0.1) is 5.60 Å². The number of nitrogens with zero attached hydrogens (tertiary/aromatic N) is 1. The molecule has 2 aliphatic rings. The highest BCUT2D eigenvalue weighted by atomic mass is 35.5. The molecule has 1 aliphatic carbocycles. The third-order valence-corrected chi connectivity index (χ3v) is 7.08. The first-order valence-electron chi connectivity index (χ1n) is 10.7. The molecule has 4 nitrogen and oxygen atoms in total. The number of carbonyl (C=O) groups is 2. The van der Waals surface area contributed by atoms with Crippen LogP contribution in [0.2, 0.25) is 5.02 Å². The SMILES string of the molecule is CC1(O)CCC(N2CCC(Cc3ccc(-c4ccc(C=O)cc4)cc3Cl)C2=O)CC1. The van der Waals surface area contributed by atoms with E-state index in [1.807, 2.05) is 42.2 Å². The standard InChI is InChI=1S/C25H28ClNO3/c1-25(30)11-8-22(9-12-25)27-13-10-21(24(27)29)14-20-7-6-19(15-23(20)26)18-4-2-17(16-28)3-5-18/h2-7,15-16,21-22,30H,8-14H2,1H3. The highest BCUT2D eigenvalue weighted by Gasteiger charge is 2.39. The van der Waals surface area contributed by atoms with Crippen molar-refractivity contribution in [2.24, 2.45) is 5.92 Å². The second-order valence-corrected chi connectivity index (χ2v) is 9.40. The summed E-state index contributed by atoms with van der Waals surface area (Å²) in [6.45, 7) is 2.69. The lowest BCUT2D eigenvalue weighted by Gasteiger charge is -2.37. The summed E-state index contributed by atoms with van der Waals surface area (Å²) in [6.07, 6.45) is 5.62. The van der Waals surface area contributed by atoms with E-state index >= 15 is 0 Å². The first-order chi connectivity index (χ1) is 14.4. The maximum absolute atomic E-state index is 13.0. The van der Waals surface area contributed by atoms with Crippen molar-refractivity contribution in [3.8, 4) is 11.1 Å². The summed E-state index contributed by atoms with van der Waals surface area (Å²) in [7, 11) is 0. The van der Waals surface area contributed by atoms with Crippen molar-refractivity contribution in [2.75, 3.05) is 6.54 Å². The minimum atomic E-state index is -0.582. The lowest BCUT2D eigenvalue weighted by atomic mass is 9.83. The van der Waals surface area contributed by atoms with Crippen LogP contribution in [0.15, 0.2) is 42.5 Å². The smallest absolute Gasteiger partial charge is 0.226 e. The van der Waals surface area contributed by atoms with Crippen LogP contribution in [0.4, 0.5) is 0 Å². The lowest BCUT2D eigenvalue weighted by molar-refractivity contribution is -0.134. The summed E-state index contributed by atoms with van der Waals surface area (Å²) in [6, 6.07) is 13.6. The fourth-order valence-corrected chi connectivity index (χ4v) is 5.02. The molecule has 4 rings (SSSR count). The zero-order valence-corrected chi connectivity index (χ0v) is 18.1. The molecule has 1 saturated heterocycles. The average Bonchev–Trinajstić information content (AvgIpc) is 3.10. The van der Waals surface area contributed by atoms with Gasteiger partial charge in [-0.2, -0.15) is 0 Å². The van der Waals surface area contributed by atoms with Crippen molar-refractivity contribution < 1.29 is 14.7 Å². The van der Waals surface area contributed by atoms with Gasteiger partial charge in [-0.05, 0) is 68.2 Å². The maximum atomic E-state index is 13.0. The van der Waals surface area contributed by atoms with Crippen LogP contribution >= 0.6 is 11.6 Å². The Bertz CT molecular complexity index is 928. The van der Waals surface area contributed by atoms with Crippen LogP contribution in [0.1, 0.15) is 54.9 Å². The van der Waals surface area contributed by atoms with Gasteiger partial charge >= 0.3 is 0 Å².